The van der Waals surface area contributed by atoms with Crippen molar-refractivity contribution in [2.45, 2.75) is 25.1 Å². The van der Waals surface area contributed by atoms with Gasteiger partial charge in [0.25, 0.3) is 0 Å². The van der Waals surface area contributed by atoms with E-state index in [9.17, 15) is 22.8 Å². The van der Waals surface area contributed by atoms with E-state index >= 15 is 0 Å². The smallest absolute Gasteiger partial charge is 0.416 e. The molecule has 1 saturated heterocycles. The predicted molar refractivity (Wildman–Crippen MR) is 95.3 cm³/mol. The lowest BCUT2D eigenvalue weighted by Crippen LogP contribution is -2.56. The van der Waals surface area contributed by atoms with Crippen LogP contribution in [0, 0.1) is 0 Å². The van der Waals surface area contributed by atoms with Crippen LogP contribution in [-0.4, -0.2) is 40.8 Å². The highest BCUT2D eigenvalue weighted by atomic mass is 35.5. The van der Waals surface area contributed by atoms with Crippen LogP contribution in [-0.2, 0) is 11.0 Å². The van der Waals surface area contributed by atoms with Crippen LogP contribution in [0.1, 0.15) is 28.8 Å². The molecular formula is C19H16ClF3N2O3. The summed E-state index contributed by atoms with van der Waals surface area (Å²) in [5, 5.41) is 0.523. The lowest BCUT2D eigenvalue weighted by molar-refractivity contribution is -0.140. The van der Waals surface area contributed by atoms with E-state index in [1.165, 1.54) is 4.90 Å². The number of ketones is 1. The quantitative estimate of drug-likeness (QED) is 0.673. The molecule has 1 aliphatic rings. The van der Waals surface area contributed by atoms with Gasteiger partial charge in [0.2, 0.25) is 11.8 Å². The largest absolute Gasteiger partial charge is 0.471 e. The molecule has 0 radical (unpaired) electrons. The Balaban J connectivity index is 1.44. The van der Waals surface area contributed by atoms with Crippen molar-refractivity contribution in [3.63, 3.8) is 0 Å². The zero-order valence-corrected chi connectivity index (χ0v) is 15.3. The fourth-order valence-corrected chi connectivity index (χ4v) is 2.82. The van der Waals surface area contributed by atoms with Crippen molar-refractivity contribution >= 4 is 23.3 Å². The van der Waals surface area contributed by atoms with Crippen molar-refractivity contribution in [3.8, 4) is 5.88 Å². The van der Waals surface area contributed by atoms with Crippen LogP contribution in [0.5, 0.6) is 5.88 Å². The van der Waals surface area contributed by atoms with Crippen molar-refractivity contribution in [3.05, 3.63) is 58.7 Å². The highest BCUT2D eigenvalue weighted by Gasteiger charge is 2.34. The maximum absolute atomic E-state index is 12.7. The van der Waals surface area contributed by atoms with Crippen LogP contribution in [0.4, 0.5) is 13.2 Å². The van der Waals surface area contributed by atoms with Gasteiger partial charge in [-0.1, -0.05) is 11.6 Å². The van der Waals surface area contributed by atoms with Crippen molar-refractivity contribution in [1.82, 2.24) is 9.88 Å². The molecule has 5 nitrogen and oxygen atoms in total. The van der Waals surface area contributed by atoms with E-state index in [0.29, 0.717) is 10.6 Å². The number of halogens is 4. The second kappa shape index (κ2) is 8.18. The first-order chi connectivity index (χ1) is 13.2. The van der Waals surface area contributed by atoms with Crippen molar-refractivity contribution in [1.29, 1.82) is 0 Å². The van der Waals surface area contributed by atoms with Gasteiger partial charge in [0, 0.05) is 35.7 Å². The Hall–Kier alpha value is -2.61. The van der Waals surface area contributed by atoms with Gasteiger partial charge in [0.1, 0.15) is 6.10 Å². The van der Waals surface area contributed by atoms with Gasteiger partial charge in [0.05, 0.1) is 18.7 Å². The molecule has 0 unspecified atom stereocenters. The summed E-state index contributed by atoms with van der Waals surface area (Å²) in [5.41, 5.74) is -0.358. The Labute approximate surface area is 164 Å². The van der Waals surface area contributed by atoms with E-state index in [1.54, 1.807) is 24.3 Å². The maximum atomic E-state index is 12.7. The summed E-state index contributed by atoms with van der Waals surface area (Å²) in [6.45, 7) is 0.484. The first kappa shape index (κ1) is 20.1. The summed E-state index contributed by atoms with van der Waals surface area (Å²) in [5.74, 6) is -0.504. The molecule has 0 bridgehead atoms. The minimum Gasteiger partial charge on any atom is -0.471 e. The molecule has 1 aliphatic heterocycles. The minimum absolute atomic E-state index is 0.0516. The van der Waals surface area contributed by atoms with Crippen molar-refractivity contribution in [2.75, 3.05) is 13.1 Å². The topological polar surface area (TPSA) is 59.5 Å². The zero-order chi connectivity index (χ0) is 20.3. The summed E-state index contributed by atoms with van der Waals surface area (Å²) >= 11 is 5.77. The van der Waals surface area contributed by atoms with E-state index in [0.717, 1.165) is 18.3 Å². The molecule has 28 heavy (non-hydrogen) atoms. The maximum Gasteiger partial charge on any atom is 0.416 e. The number of carbonyl (C=O) groups is 2. The lowest BCUT2D eigenvalue weighted by Gasteiger charge is -2.38. The van der Waals surface area contributed by atoms with Crippen LogP contribution in [0.2, 0.25) is 5.02 Å². The van der Waals surface area contributed by atoms with E-state index in [2.05, 4.69) is 4.98 Å². The molecule has 148 valence electrons. The SMILES string of the molecule is O=C(CCC(=O)N1CC(Oc2cc(C(F)(F)F)ccn2)C1)c1ccc(Cl)cc1. The molecular weight excluding hydrogens is 397 g/mol. The Kier molecular flexibility index (Phi) is 5.88. The number of hydrogen-bond donors (Lipinski definition) is 0. The third-order valence-electron chi connectivity index (χ3n) is 4.28. The fraction of sp³-hybridized carbons (Fsp3) is 0.316. The molecule has 0 saturated carbocycles. The van der Waals surface area contributed by atoms with Gasteiger partial charge in [-0.3, -0.25) is 9.59 Å². The Morgan fingerprint density at radius 1 is 1.14 bits per heavy atom. The highest BCUT2D eigenvalue weighted by Crippen LogP contribution is 2.31. The van der Waals surface area contributed by atoms with E-state index in [-0.39, 0.29) is 43.5 Å². The van der Waals surface area contributed by atoms with Crippen LogP contribution in [0.25, 0.3) is 0 Å². The standard InChI is InChI=1S/C19H16ClF3N2O3/c20-14-3-1-12(2-4-14)16(26)5-6-18(27)25-10-15(11-25)28-17-9-13(7-8-24-17)19(21,22)23/h1-4,7-9,15H,5-6,10-11H2. The average molecular weight is 413 g/mol. The molecule has 0 N–H and O–H groups in total. The number of nitrogens with zero attached hydrogens (tertiary/aromatic N) is 2. The number of rotatable bonds is 6. The molecule has 3 rings (SSSR count). The number of aromatic nitrogens is 1. The normalized spacial score (nSPS) is 14.5. The number of alkyl halides is 3. The number of likely N-dealkylation sites (tertiary alicyclic amines) is 1. The van der Waals surface area contributed by atoms with Crippen molar-refractivity contribution < 1.29 is 27.5 Å². The number of benzene rings is 1. The Morgan fingerprint density at radius 3 is 2.46 bits per heavy atom. The van der Waals surface area contributed by atoms with Gasteiger partial charge in [-0.25, -0.2) is 4.98 Å². The Morgan fingerprint density at radius 2 is 1.82 bits per heavy atom. The van der Waals surface area contributed by atoms with E-state index in [1.807, 2.05) is 0 Å². The molecule has 0 aliphatic carbocycles. The third kappa shape index (κ3) is 5.01. The summed E-state index contributed by atoms with van der Waals surface area (Å²) in [4.78, 5) is 29.5. The van der Waals surface area contributed by atoms with Gasteiger partial charge >= 0.3 is 6.18 Å². The molecule has 9 heteroatoms. The summed E-state index contributed by atoms with van der Waals surface area (Å²) in [7, 11) is 0. The lowest BCUT2D eigenvalue weighted by atomic mass is 10.0. The molecule has 0 spiro atoms. The van der Waals surface area contributed by atoms with Crippen LogP contribution >= 0.6 is 11.6 Å². The van der Waals surface area contributed by atoms with Gasteiger partial charge in [-0.05, 0) is 30.3 Å². The molecule has 2 aromatic rings. The first-order valence-corrected chi connectivity index (χ1v) is 8.86. The van der Waals surface area contributed by atoms with Crippen LogP contribution in [0.15, 0.2) is 42.6 Å². The Bertz CT molecular complexity index is 865. The van der Waals surface area contributed by atoms with Gasteiger partial charge in [-0.2, -0.15) is 13.2 Å². The van der Waals surface area contributed by atoms with E-state index < -0.39 is 17.8 Å². The predicted octanol–water partition coefficient (Wildman–Crippen LogP) is 4.01. The van der Waals surface area contributed by atoms with E-state index in [4.69, 9.17) is 16.3 Å². The highest BCUT2D eigenvalue weighted by molar-refractivity contribution is 6.30. The number of Topliss-reactive ketones (excluding diaryl/α,β-unsaturated/α-hetero) is 1. The third-order valence-corrected chi connectivity index (χ3v) is 4.53. The second-order valence-electron chi connectivity index (χ2n) is 6.35. The zero-order valence-electron chi connectivity index (χ0n) is 14.6. The average Bonchev–Trinajstić information content (AvgIpc) is 2.62. The summed E-state index contributed by atoms with van der Waals surface area (Å²) in [6, 6.07) is 8.11. The number of hydrogen-bond acceptors (Lipinski definition) is 4. The molecule has 1 amide bonds. The molecule has 2 heterocycles. The summed E-state index contributed by atoms with van der Waals surface area (Å²) < 4.78 is 43.5. The number of pyridine rings is 1. The molecule has 1 fully saturated rings. The van der Waals surface area contributed by atoms with Crippen molar-refractivity contribution in [2.24, 2.45) is 0 Å². The summed E-state index contributed by atoms with van der Waals surface area (Å²) in [6.07, 6.45) is -3.75. The first-order valence-electron chi connectivity index (χ1n) is 8.49. The van der Waals surface area contributed by atoms with Gasteiger partial charge in [0.15, 0.2) is 5.78 Å². The monoisotopic (exact) mass is 412 g/mol. The number of ether oxygens (including phenoxy) is 1. The van der Waals surface area contributed by atoms with Gasteiger partial charge < -0.3 is 9.64 Å². The minimum atomic E-state index is -4.47. The molecule has 1 aromatic carbocycles. The van der Waals surface area contributed by atoms with Crippen LogP contribution in [0.3, 0.4) is 0 Å². The number of amides is 1. The second-order valence-corrected chi connectivity index (χ2v) is 6.79. The number of carbonyl (C=O) groups excluding carboxylic acids is 2. The fourth-order valence-electron chi connectivity index (χ4n) is 2.70. The molecule has 1 aromatic heterocycles. The molecule has 0 atom stereocenters. The van der Waals surface area contributed by atoms with Crippen LogP contribution < -0.4 is 4.74 Å². The van der Waals surface area contributed by atoms with Gasteiger partial charge in [-0.15, -0.1) is 0 Å².